The van der Waals surface area contributed by atoms with Crippen molar-refractivity contribution in [1.29, 1.82) is 0 Å². The van der Waals surface area contributed by atoms with Gasteiger partial charge >= 0.3 is 0 Å². The quantitative estimate of drug-likeness (QED) is 0.830. The molecule has 2 aliphatic carbocycles. The standard InChI is InChI=1S/C16H23N/c1-11-3-6-14(7-4-11)12(2)17-16-10-13-5-8-15(16)9-13/h3-4,6-7,12-13,15-17H,5,8-10H2,1-2H3/t12-,13?,15?,16?/m0/s1. The highest BCUT2D eigenvalue weighted by molar-refractivity contribution is 5.23. The van der Waals surface area contributed by atoms with Crippen LogP contribution >= 0.6 is 0 Å². The second-order valence-corrected chi connectivity index (χ2v) is 6.08. The Kier molecular flexibility index (Phi) is 2.96. The third-order valence-electron chi connectivity index (χ3n) is 4.78. The lowest BCUT2D eigenvalue weighted by molar-refractivity contribution is 0.327. The Hall–Kier alpha value is -0.820. The fraction of sp³-hybridized carbons (Fsp3) is 0.625. The van der Waals surface area contributed by atoms with Crippen LogP contribution in [0.25, 0.3) is 0 Å². The summed E-state index contributed by atoms with van der Waals surface area (Å²) in [6, 6.07) is 10.2. The zero-order valence-electron chi connectivity index (χ0n) is 10.9. The lowest BCUT2D eigenvalue weighted by Crippen LogP contribution is -2.35. The molecule has 92 valence electrons. The van der Waals surface area contributed by atoms with Gasteiger partial charge in [-0.15, -0.1) is 0 Å². The van der Waals surface area contributed by atoms with E-state index in [0.717, 1.165) is 17.9 Å². The molecule has 2 saturated carbocycles. The molecule has 0 saturated heterocycles. The number of hydrogen-bond donors (Lipinski definition) is 1. The van der Waals surface area contributed by atoms with Crippen molar-refractivity contribution in [3.05, 3.63) is 35.4 Å². The molecule has 17 heavy (non-hydrogen) atoms. The summed E-state index contributed by atoms with van der Waals surface area (Å²) in [6.45, 7) is 4.45. The number of aryl methyl sites for hydroxylation is 1. The minimum absolute atomic E-state index is 0.500. The van der Waals surface area contributed by atoms with Crippen LogP contribution in [-0.4, -0.2) is 6.04 Å². The van der Waals surface area contributed by atoms with Gasteiger partial charge in [-0.1, -0.05) is 36.2 Å². The van der Waals surface area contributed by atoms with Crippen LogP contribution in [0.5, 0.6) is 0 Å². The van der Waals surface area contributed by atoms with Crippen molar-refractivity contribution in [3.63, 3.8) is 0 Å². The Morgan fingerprint density at radius 1 is 1.12 bits per heavy atom. The van der Waals surface area contributed by atoms with Crippen LogP contribution in [0.2, 0.25) is 0 Å². The zero-order chi connectivity index (χ0) is 11.8. The first-order valence-electron chi connectivity index (χ1n) is 7.05. The van der Waals surface area contributed by atoms with E-state index < -0.39 is 0 Å². The molecule has 0 aromatic heterocycles. The molecule has 0 spiro atoms. The minimum atomic E-state index is 0.500. The maximum Gasteiger partial charge on any atom is 0.0294 e. The van der Waals surface area contributed by atoms with Gasteiger partial charge < -0.3 is 5.32 Å². The van der Waals surface area contributed by atoms with E-state index in [1.165, 1.54) is 36.8 Å². The highest BCUT2D eigenvalue weighted by atomic mass is 15.0. The van der Waals surface area contributed by atoms with E-state index in [9.17, 15) is 0 Å². The Balaban J connectivity index is 1.63. The van der Waals surface area contributed by atoms with Crippen molar-refractivity contribution in [2.45, 2.75) is 51.6 Å². The molecule has 1 heteroatoms. The van der Waals surface area contributed by atoms with Gasteiger partial charge in [-0.3, -0.25) is 0 Å². The molecule has 4 atom stereocenters. The van der Waals surface area contributed by atoms with E-state index in [-0.39, 0.29) is 0 Å². The molecule has 3 unspecified atom stereocenters. The van der Waals surface area contributed by atoms with E-state index >= 15 is 0 Å². The van der Waals surface area contributed by atoms with Gasteiger partial charge in [0, 0.05) is 12.1 Å². The van der Waals surface area contributed by atoms with Gasteiger partial charge in [0.15, 0.2) is 0 Å². The average molecular weight is 229 g/mol. The number of benzene rings is 1. The summed E-state index contributed by atoms with van der Waals surface area (Å²) in [7, 11) is 0. The monoisotopic (exact) mass is 229 g/mol. The van der Waals surface area contributed by atoms with E-state index in [0.29, 0.717) is 6.04 Å². The molecule has 1 N–H and O–H groups in total. The van der Waals surface area contributed by atoms with Gasteiger partial charge in [-0.2, -0.15) is 0 Å². The smallest absolute Gasteiger partial charge is 0.0294 e. The highest BCUT2D eigenvalue weighted by Crippen LogP contribution is 2.45. The van der Waals surface area contributed by atoms with Gasteiger partial charge in [-0.05, 0) is 50.5 Å². The average Bonchev–Trinajstić information content (AvgIpc) is 2.91. The summed E-state index contributed by atoms with van der Waals surface area (Å²) < 4.78 is 0. The summed E-state index contributed by atoms with van der Waals surface area (Å²) in [4.78, 5) is 0. The molecular formula is C16H23N. The number of nitrogens with one attached hydrogen (secondary N) is 1. The van der Waals surface area contributed by atoms with Crippen LogP contribution < -0.4 is 5.32 Å². The van der Waals surface area contributed by atoms with Crippen molar-refractivity contribution >= 4 is 0 Å². The maximum atomic E-state index is 3.85. The first-order valence-corrected chi connectivity index (χ1v) is 7.05. The van der Waals surface area contributed by atoms with Gasteiger partial charge in [-0.25, -0.2) is 0 Å². The largest absolute Gasteiger partial charge is 0.307 e. The molecule has 2 fully saturated rings. The fourth-order valence-corrected chi connectivity index (χ4v) is 3.72. The molecule has 3 rings (SSSR count). The minimum Gasteiger partial charge on any atom is -0.307 e. The van der Waals surface area contributed by atoms with Gasteiger partial charge in [0.1, 0.15) is 0 Å². The molecule has 1 aromatic rings. The van der Waals surface area contributed by atoms with Gasteiger partial charge in [0.05, 0.1) is 0 Å². The van der Waals surface area contributed by atoms with E-state index in [1.807, 2.05) is 0 Å². The Bertz CT molecular complexity index is 381. The van der Waals surface area contributed by atoms with Crippen molar-refractivity contribution in [3.8, 4) is 0 Å². The zero-order valence-corrected chi connectivity index (χ0v) is 10.9. The van der Waals surface area contributed by atoms with E-state index in [2.05, 4.69) is 43.4 Å². The third kappa shape index (κ3) is 2.26. The van der Waals surface area contributed by atoms with Gasteiger partial charge in [0.2, 0.25) is 0 Å². The van der Waals surface area contributed by atoms with Crippen LogP contribution in [0.4, 0.5) is 0 Å². The van der Waals surface area contributed by atoms with Crippen LogP contribution in [0.3, 0.4) is 0 Å². The second-order valence-electron chi connectivity index (χ2n) is 6.08. The topological polar surface area (TPSA) is 12.0 Å². The lowest BCUT2D eigenvalue weighted by Gasteiger charge is -2.27. The normalized spacial score (nSPS) is 32.9. The number of fused-ring (bicyclic) bond motifs is 2. The van der Waals surface area contributed by atoms with Crippen LogP contribution in [0, 0.1) is 18.8 Å². The number of rotatable bonds is 3. The molecule has 2 aliphatic rings. The maximum absolute atomic E-state index is 3.85. The summed E-state index contributed by atoms with van der Waals surface area (Å²) in [5.74, 6) is 2.00. The predicted octanol–water partition coefficient (Wildman–Crippen LogP) is 3.83. The molecule has 0 aliphatic heterocycles. The Labute approximate surface area is 105 Å². The van der Waals surface area contributed by atoms with E-state index in [4.69, 9.17) is 0 Å². The Morgan fingerprint density at radius 2 is 1.88 bits per heavy atom. The molecule has 0 radical (unpaired) electrons. The summed E-state index contributed by atoms with van der Waals surface area (Å²) >= 11 is 0. The van der Waals surface area contributed by atoms with Gasteiger partial charge in [0.25, 0.3) is 0 Å². The van der Waals surface area contributed by atoms with Crippen molar-refractivity contribution in [2.75, 3.05) is 0 Å². The fourth-order valence-electron chi connectivity index (χ4n) is 3.72. The first-order chi connectivity index (χ1) is 8.22. The SMILES string of the molecule is Cc1ccc([C@H](C)NC2CC3CCC2C3)cc1. The van der Waals surface area contributed by atoms with E-state index in [1.54, 1.807) is 0 Å². The molecule has 2 bridgehead atoms. The van der Waals surface area contributed by atoms with Crippen LogP contribution in [0.15, 0.2) is 24.3 Å². The third-order valence-corrected chi connectivity index (χ3v) is 4.78. The van der Waals surface area contributed by atoms with Crippen molar-refractivity contribution < 1.29 is 0 Å². The molecule has 0 heterocycles. The molecule has 1 nitrogen and oxygen atoms in total. The lowest BCUT2D eigenvalue weighted by atomic mass is 9.94. The number of hydrogen-bond acceptors (Lipinski definition) is 1. The molecular weight excluding hydrogens is 206 g/mol. The molecule has 0 amide bonds. The van der Waals surface area contributed by atoms with Crippen LogP contribution in [0.1, 0.15) is 49.8 Å². The molecule has 1 aromatic carbocycles. The summed E-state index contributed by atoms with van der Waals surface area (Å²) in [6.07, 6.45) is 5.85. The van der Waals surface area contributed by atoms with Crippen molar-refractivity contribution in [2.24, 2.45) is 11.8 Å². The Morgan fingerprint density at radius 3 is 2.47 bits per heavy atom. The summed E-state index contributed by atoms with van der Waals surface area (Å²) in [5, 5.41) is 3.85. The van der Waals surface area contributed by atoms with Crippen LogP contribution in [-0.2, 0) is 0 Å². The van der Waals surface area contributed by atoms with Crippen molar-refractivity contribution in [1.82, 2.24) is 5.32 Å². The second kappa shape index (κ2) is 4.45. The predicted molar refractivity (Wildman–Crippen MR) is 72.0 cm³/mol. The first kappa shape index (κ1) is 11.3. The summed E-state index contributed by atoms with van der Waals surface area (Å²) in [5.41, 5.74) is 2.78. The highest BCUT2D eigenvalue weighted by Gasteiger charge is 2.39.